The monoisotopic (exact) mass is 250 g/mol. The molecule has 90 valence electrons. The lowest BCUT2D eigenvalue weighted by atomic mass is 10.2. The van der Waals surface area contributed by atoms with E-state index >= 15 is 0 Å². The molecule has 1 amide bonds. The lowest BCUT2D eigenvalue weighted by Gasteiger charge is -2.26. The molecule has 1 aliphatic rings. The average molecular weight is 251 g/mol. The van der Waals surface area contributed by atoms with Crippen LogP contribution >= 0.6 is 11.6 Å². The fourth-order valence-corrected chi connectivity index (χ4v) is 1.96. The number of nitrogens with one attached hydrogen (secondary N) is 1. The van der Waals surface area contributed by atoms with Crippen molar-refractivity contribution in [1.82, 2.24) is 10.2 Å². The molecule has 0 aliphatic carbocycles. The van der Waals surface area contributed by atoms with Gasteiger partial charge in [0.15, 0.2) is 0 Å². The zero-order chi connectivity index (χ0) is 12.1. The van der Waals surface area contributed by atoms with E-state index in [1.54, 1.807) is 12.2 Å². The van der Waals surface area contributed by atoms with Gasteiger partial charge in [0.25, 0.3) is 0 Å². The van der Waals surface area contributed by atoms with Crippen molar-refractivity contribution in [2.75, 3.05) is 26.2 Å². The number of rotatable bonds is 2. The molecule has 0 aromatic heterocycles. The molecule has 3 nitrogen and oxygen atoms in total. The van der Waals surface area contributed by atoms with Crippen molar-refractivity contribution in [2.45, 2.75) is 0 Å². The van der Waals surface area contributed by atoms with E-state index in [-0.39, 0.29) is 5.91 Å². The molecule has 0 saturated carbocycles. The van der Waals surface area contributed by atoms with E-state index in [1.807, 2.05) is 29.2 Å². The van der Waals surface area contributed by atoms with Crippen LogP contribution in [-0.2, 0) is 4.79 Å². The Morgan fingerprint density at radius 3 is 2.71 bits per heavy atom. The first kappa shape index (κ1) is 12.1. The number of nitrogens with zero attached hydrogens (tertiary/aromatic N) is 1. The van der Waals surface area contributed by atoms with Crippen LogP contribution in [0.3, 0.4) is 0 Å². The molecular weight excluding hydrogens is 236 g/mol. The predicted octanol–water partition coefficient (Wildman–Crippen LogP) is 1.78. The summed E-state index contributed by atoms with van der Waals surface area (Å²) in [6.07, 6.45) is 3.36. The Balaban J connectivity index is 2.00. The molecule has 17 heavy (non-hydrogen) atoms. The Morgan fingerprint density at radius 1 is 1.29 bits per heavy atom. The quantitative estimate of drug-likeness (QED) is 0.812. The van der Waals surface area contributed by atoms with Crippen LogP contribution in [0.25, 0.3) is 6.08 Å². The average Bonchev–Trinajstić information content (AvgIpc) is 2.38. The molecule has 4 heteroatoms. The Morgan fingerprint density at radius 2 is 2.00 bits per heavy atom. The van der Waals surface area contributed by atoms with Crippen LogP contribution in [0.1, 0.15) is 5.56 Å². The van der Waals surface area contributed by atoms with Crippen LogP contribution < -0.4 is 5.32 Å². The molecule has 0 radical (unpaired) electrons. The lowest BCUT2D eigenvalue weighted by Crippen LogP contribution is -2.45. The minimum absolute atomic E-state index is 0.0476. The molecule has 1 saturated heterocycles. The number of halogens is 1. The van der Waals surface area contributed by atoms with Crippen LogP contribution in [0.15, 0.2) is 30.3 Å². The fraction of sp³-hybridized carbons (Fsp3) is 0.308. The maximum atomic E-state index is 11.9. The van der Waals surface area contributed by atoms with E-state index in [0.717, 1.165) is 31.7 Å². The van der Waals surface area contributed by atoms with Crippen molar-refractivity contribution >= 4 is 23.6 Å². The standard InChI is InChI=1S/C13H15ClN2O/c14-12-4-2-1-3-11(12)5-6-13(17)16-9-7-15-8-10-16/h1-6,15H,7-10H2/b6-5+. The molecule has 1 heterocycles. The summed E-state index contributed by atoms with van der Waals surface area (Å²) in [5.74, 6) is 0.0476. The molecule has 1 fully saturated rings. The van der Waals surface area contributed by atoms with Crippen molar-refractivity contribution in [2.24, 2.45) is 0 Å². The zero-order valence-corrected chi connectivity index (χ0v) is 10.3. The number of hydrogen-bond donors (Lipinski definition) is 1. The fourth-order valence-electron chi connectivity index (χ4n) is 1.76. The van der Waals surface area contributed by atoms with Gasteiger partial charge in [-0.2, -0.15) is 0 Å². The van der Waals surface area contributed by atoms with Crippen LogP contribution in [0.5, 0.6) is 0 Å². The topological polar surface area (TPSA) is 32.3 Å². The van der Waals surface area contributed by atoms with E-state index < -0.39 is 0 Å². The molecule has 1 N–H and O–H groups in total. The summed E-state index contributed by atoms with van der Waals surface area (Å²) in [5, 5.41) is 3.88. The Bertz CT molecular complexity index is 425. The number of amides is 1. The van der Waals surface area contributed by atoms with Gasteiger partial charge in [-0.05, 0) is 17.7 Å². The smallest absolute Gasteiger partial charge is 0.246 e. The minimum atomic E-state index is 0.0476. The van der Waals surface area contributed by atoms with Gasteiger partial charge in [0.1, 0.15) is 0 Å². The summed E-state index contributed by atoms with van der Waals surface area (Å²) in [4.78, 5) is 13.7. The maximum Gasteiger partial charge on any atom is 0.246 e. The van der Waals surface area contributed by atoms with Gasteiger partial charge in [0.05, 0.1) is 0 Å². The maximum absolute atomic E-state index is 11.9. The third-order valence-electron chi connectivity index (χ3n) is 2.74. The van der Waals surface area contributed by atoms with Gasteiger partial charge in [-0.1, -0.05) is 29.8 Å². The summed E-state index contributed by atoms with van der Waals surface area (Å²) in [6.45, 7) is 3.27. The summed E-state index contributed by atoms with van der Waals surface area (Å²) in [5.41, 5.74) is 0.873. The molecule has 0 bridgehead atoms. The highest BCUT2D eigenvalue weighted by Gasteiger charge is 2.13. The third kappa shape index (κ3) is 3.32. The van der Waals surface area contributed by atoms with E-state index in [4.69, 9.17) is 11.6 Å². The van der Waals surface area contributed by atoms with Gasteiger partial charge >= 0.3 is 0 Å². The van der Waals surface area contributed by atoms with Gasteiger partial charge in [-0.15, -0.1) is 0 Å². The van der Waals surface area contributed by atoms with Crippen LogP contribution in [-0.4, -0.2) is 37.0 Å². The zero-order valence-electron chi connectivity index (χ0n) is 9.53. The van der Waals surface area contributed by atoms with E-state index in [9.17, 15) is 4.79 Å². The van der Waals surface area contributed by atoms with Gasteiger partial charge in [-0.3, -0.25) is 4.79 Å². The molecule has 0 spiro atoms. The van der Waals surface area contributed by atoms with Crippen LogP contribution in [0.2, 0.25) is 5.02 Å². The number of carbonyl (C=O) groups is 1. The van der Waals surface area contributed by atoms with E-state index in [2.05, 4.69) is 5.32 Å². The predicted molar refractivity (Wildman–Crippen MR) is 69.9 cm³/mol. The normalized spacial score (nSPS) is 16.4. The third-order valence-corrected chi connectivity index (χ3v) is 3.08. The van der Waals surface area contributed by atoms with Crippen LogP contribution in [0, 0.1) is 0 Å². The molecule has 2 rings (SSSR count). The number of benzene rings is 1. The van der Waals surface area contributed by atoms with Crippen LogP contribution in [0.4, 0.5) is 0 Å². The van der Waals surface area contributed by atoms with Crippen molar-refractivity contribution in [3.8, 4) is 0 Å². The molecule has 1 aromatic carbocycles. The molecule has 1 aromatic rings. The summed E-state index contributed by atoms with van der Waals surface area (Å²) < 4.78 is 0. The van der Waals surface area contributed by atoms with Gasteiger partial charge in [0.2, 0.25) is 5.91 Å². The second-order valence-corrected chi connectivity index (χ2v) is 4.34. The SMILES string of the molecule is O=C(/C=C/c1ccccc1Cl)N1CCNCC1. The van der Waals surface area contributed by atoms with Gasteiger partial charge < -0.3 is 10.2 Å². The first-order valence-corrected chi connectivity index (χ1v) is 6.07. The van der Waals surface area contributed by atoms with Gasteiger partial charge in [0, 0.05) is 37.3 Å². The highest BCUT2D eigenvalue weighted by Crippen LogP contribution is 2.16. The minimum Gasteiger partial charge on any atom is -0.337 e. The van der Waals surface area contributed by atoms with Crippen molar-refractivity contribution in [3.63, 3.8) is 0 Å². The van der Waals surface area contributed by atoms with E-state index in [0.29, 0.717) is 5.02 Å². The largest absolute Gasteiger partial charge is 0.337 e. The van der Waals surface area contributed by atoms with E-state index in [1.165, 1.54) is 0 Å². The Labute approximate surface area is 106 Å². The first-order valence-electron chi connectivity index (χ1n) is 5.69. The summed E-state index contributed by atoms with van der Waals surface area (Å²) in [7, 11) is 0. The van der Waals surface area contributed by atoms with Crippen molar-refractivity contribution in [1.29, 1.82) is 0 Å². The second-order valence-electron chi connectivity index (χ2n) is 3.93. The van der Waals surface area contributed by atoms with Crippen molar-refractivity contribution < 1.29 is 4.79 Å². The Hall–Kier alpha value is -1.32. The molecule has 1 aliphatic heterocycles. The number of piperazine rings is 1. The Kier molecular flexibility index (Phi) is 4.18. The highest BCUT2D eigenvalue weighted by atomic mass is 35.5. The van der Waals surface area contributed by atoms with Gasteiger partial charge in [-0.25, -0.2) is 0 Å². The lowest BCUT2D eigenvalue weighted by molar-refractivity contribution is -0.126. The summed E-state index contributed by atoms with van der Waals surface area (Å²) in [6, 6.07) is 7.49. The first-order chi connectivity index (χ1) is 8.27. The van der Waals surface area contributed by atoms with Crippen molar-refractivity contribution in [3.05, 3.63) is 40.9 Å². The highest BCUT2D eigenvalue weighted by molar-refractivity contribution is 6.32. The second kappa shape index (κ2) is 5.84. The molecule has 0 unspecified atom stereocenters. The molecule has 0 atom stereocenters. The number of hydrogen-bond acceptors (Lipinski definition) is 2. The number of carbonyl (C=O) groups excluding carboxylic acids is 1. The molecular formula is C13H15ClN2O. The summed E-state index contributed by atoms with van der Waals surface area (Å²) >= 11 is 6.01.